The topological polar surface area (TPSA) is 32.3 Å². The molecule has 0 bridgehead atoms. The molecule has 3 nitrogen and oxygen atoms in total. The summed E-state index contributed by atoms with van der Waals surface area (Å²) in [5, 5.41) is 3.15. The Kier molecular flexibility index (Phi) is 3.23. The summed E-state index contributed by atoms with van der Waals surface area (Å²) in [5.41, 5.74) is 0.717. The van der Waals surface area contributed by atoms with Crippen LogP contribution < -0.4 is 5.32 Å². The second-order valence-electron chi connectivity index (χ2n) is 7.33. The zero-order valence-corrected chi connectivity index (χ0v) is 11.7. The molecular formula is C14H26N2O. The first-order valence-electron chi connectivity index (χ1n) is 6.79. The molecule has 1 aliphatic carbocycles. The van der Waals surface area contributed by atoms with E-state index in [0.717, 1.165) is 25.9 Å². The molecule has 0 aromatic rings. The van der Waals surface area contributed by atoms with E-state index >= 15 is 0 Å². The van der Waals surface area contributed by atoms with E-state index in [2.05, 4.69) is 37.9 Å². The molecular weight excluding hydrogens is 212 g/mol. The highest BCUT2D eigenvalue weighted by atomic mass is 16.2. The molecule has 0 radical (unpaired) electrons. The molecule has 0 atom stereocenters. The van der Waals surface area contributed by atoms with Crippen LogP contribution in [0.15, 0.2) is 0 Å². The zero-order valence-electron chi connectivity index (χ0n) is 11.7. The number of hydrogen-bond acceptors (Lipinski definition) is 2. The molecule has 1 heterocycles. The van der Waals surface area contributed by atoms with Crippen molar-refractivity contribution < 1.29 is 4.79 Å². The van der Waals surface area contributed by atoms with Crippen LogP contribution in [0.4, 0.5) is 0 Å². The number of piperazine rings is 1. The summed E-state index contributed by atoms with van der Waals surface area (Å²) in [6.45, 7) is 11.7. The highest BCUT2D eigenvalue weighted by molar-refractivity contribution is 5.79. The van der Waals surface area contributed by atoms with Crippen molar-refractivity contribution in [3.05, 3.63) is 0 Å². The van der Waals surface area contributed by atoms with Gasteiger partial charge in [-0.3, -0.25) is 4.79 Å². The minimum absolute atomic E-state index is 0.287. The van der Waals surface area contributed by atoms with Crippen molar-refractivity contribution >= 4 is 5.91 Å². The standard InChI is InChI=1S/C14H26N2O/c1-13(2)7-11(8-14(3,4)10-13)16-6-5-15-9-12(16)17/h11,15H,5-10H2,1-4H3. The maximum Gasteiger partial charge on any atom is 0.236 e. The minimum Gasteiger partial charge on any atom is -0.337 e. The van der Waals surface area contributed by atoms with Crippen LogP contribution in [0.1, 0.15) is 47.0 Å². The van der Waals surface area contributed by atoms with Crippen LogP contribution in [0.2, 0.25) is 0 Å². The van der Waals surface area contributed by atoms with Crippen molar-refractivity contribution in [3.8, 4) is 0 Å². The molecule has 2 fully saturated rings. The van der Waals surface area contributed by atoms with Crippen LogP contribution in [0.5, 0.6) is 0 Å². The van der Waals surface area contributed by atoms with Gasteiger partial charge in [0.1, 0.15) is 0 Å². The van der Waals surface area contributed by atoms with E-state index in [-0.39, 0.29) is 5.91 Å². The average molecular weight is 238 g/mol. The summed E-state index contributed by atoms with van der Waals surface area (Å²) in [6.07, 6.45) is 3.57. The van der Waals surface area contributed by atoms with Crippen molar-refractivity contribution in [2.75, 3.05) is 19.6 Å². The third kappa shape index (κ3) is 3.01. The molecule has 17 heavy (non-hydrogen) atoms. The van der Waals surface area contributed by atoms with Gasteiger partial charge >= 0.3 is 0 Å². The fourth-order valence-electron chi connectivity index (χ4n) is 4.02. The predicted molar refractivity (Wildman–Crippen MR) is 69.8 cm³/mol. The summed E-state index contributed by atoms with van der Waals surface area (Å²) >= 11 is 0. The molecule has 2 aliphatic rings. The maximum absolute atomic E-state index is 12.0. The quantitative estimate of drug-likeness (QED) is 0.758. The predicted octanol–water partition coefficient (Wildman–Crippen LogP) is 2.02. The van der Waals surface area contributed by atoms with Gasteiger partial charge in [-0.25, -0.2) is 0 Å². The van der Waals surface area contributed by atoms with Crippen molar-refractivity contribution in [2.45, 2.75) is 53.0 Å². The lowest BCUT2D eigenvalue weighted by Crippen LogP contribution is -2.55. The van der Waals surface area contributed by atoms with Crippen molar-refractivity contribution in [3.63, 3.8) is 0 Å². The number of carbonyl (C=O) groups excluding carboxylic acids is 1. The Labute approximate surface area is 105 Å². The Morgan fingerprint density at radius 3 is 2.29 bits per heavy atom. The normalized spacial score (nSPS) is 29.4. The van der Waals surface area contributed by atoms with Crippen molar-refractivity contribution in [2.24, 2.45) is 10.8 Å². The molecule has 2 rings (SSSR count). The summed E-state index contributed by atoms with van der Waals surface area (Å²) in [4.78, 5) is 14.1. The maximum atomic E-state index is 12.0. The monoisotopic (exact) mass is 238 g/mol. The number of hydrogen-bond donors (Lipinski definition) is 1. The number of carbonyl (C=O) groups is 1. The fourth-order valence-corrected chi connectivity index (χ4v) is 4.02. The highest BCUT2D eigenvalue weighted by Gasteiger charge is 2.41. The number of amides is 1. The SMILES string of the molecule is CC1(C)CC(N2CCNCC2=O)CC(C)(C)C1. The molecule has 1 saturated heterocycles. The number of nitrogens with zero attached hydrogens (tertiary/aromatic N) is 1. The van der Waals surface area contributed by atoms with Gasteiger partial charge in [0.05, 0.1) is 6.54 Å². The van der Waals surface area contributed by atoms with E-state index in [1.165, 1.54) is 6.42 Å². The molecule has 1 aliphatic heterocycles. The van der Waals surface area contributed by atoms with Gasteiger partial charge in [-0.05, 0) is 30.1 Å². The number of rotatable bonds is 1. The van der Waals surface area contributed by atoms with Gasteiger partial charge in [0.2, 0.25) is 5.91 Å². The van der Waals surface area contributed by atoms with Crippen LogP contribution in [-0.2, 0) is 4.79 Å². The zero-order chi connectivity index (χ0) is 12.7. The van der Waals surface area contributed by atoms with Crippen LogP contribution in [-0.4, -0.2) is 36.5 Å². The second-order valence-corrected chi connectivity index (χ2v) is 7.33. The molecule has 1 N–H and O–H groups in total. The Morgan fingerprint density at radius 1 is 1.18 bits per heavy atom. The van der Waals surface area contributed by atoms with Gasteiger partial charge in [0, 0.05) is 19.1 Å². The van der Waals surface area contributed by atoms with Gasteiger partial charge in [-0.2, -0.15) is 0 Å². The van der Waals surface area contributed by atoms with E-state index in [4.69, 9.17) is 0 Å². The van der Waals surface area contributed by atoms with E-state index in [9.17, 15) is 4.79 Å². The third-order valence-electron chi connectivity index (χ3n) is 4.10. The molecule has 0 aromatic carbocycles. The second kappa shape index (κ2) is 4.27. The fraction of sp³-hybridized carbons (Fsp3) is 0.929. The average Bonchev–Trinajstić information content (AvgIpc) is 2.13. The molecule has 98 valence electrons. The van der Waals surface area contributed by atoms with E-state index < -0.39 is 0 Å². The number of nitrogens with one attached hydrogen (secondary N) is 1. The first-order chi connectivity index (χ1) is 7.79. The van der Waals surface area contributed by atoms with E-state index in [0.29, 0.717) is 23.4 Å². The van der Waals surface area contributed by atoms with Crippen LogP contribution in [0, 0.1) is 10.8 Å². The molecule has 0 aromatic heterocycles. The Bertz CT molecular complexity index is 293. The largest absolute Gasteiger partial charge is 0.337 e. The summed E-state index contributed by atoms with van der Waals surface area (Å²) in [5.74, 6) is 0.287. The molecule has 1 saturated carbocycles. The van der Waals surface area contributed by atoms with E-state index in [1.54, 1.807) is 0 Å². The van der Waals surface area contributed by atoms with Gasteiger partial charge < -0.3 is 10.2 Å². The lowest BCUT2D eigenvalue weighted by atomic mass is 9.63. The minimum atomic E-state index is 0.287. The van der Waals surface area contributed by atoms with Crippen LogP contribution in [0.3, 0.4) is 0 Å². The van der Waals surface area contributed by atoms with E-state index in [1.807, 2.05) is 0 Å². The van der Waals surface area contributed by atoms with Crippen molar-refractivity contribution in [1.29, 1.82) is 0 Å². The first kappa shape index (κ1) is 12.9. The van der Waals surface area contributed by atoms with Gasteiger partial charge in [0.25, 0.3) is 0 Å². The third-order valence-corrected chi connectivity index (χ3v) is 4.10. The lowest BCUT2D eigenvalue weighted by Gasteiger charge is -2.49. The molecule has 0 spiro atoms. The molecule has 0 unspecified atom stereocenters. The summed E-state index contributed by atoms with van der Waals surface area (Å²) in [7, 11) is 0. The highest BCUT2D eigenvalue weighted by Crippen LogP contribution is 2.47. The van der Waals surface area contributed by atoms with Gasteiger partial charge in [0.15, 0.2) is 0 Å². The lowest BCUT2D eigenvalue weighted by molar-refractivity contribution is -0.137. The van der Waals surface area contributed by atoms with Crippen LogP contribution >= 0.6 is 0 Å². The van der Waals surface area contributed by atoms with Gasteiger partial charge in [-0.1, -0.05) is 27.7 Å². The Balaban J connectivity index is 2.12. The molecule has 1 amide bonds. The van der Waals surface area contributed by atoms with Crippen LogP contribution in [0.25, 0.3) is 0 Å². The first-order valence-corrected chi connectivity index (χ1v) is 6.79. The molecule has 3 heteroatoms. The Hall–Kier alpha value is -0.570. The van der Waals surface area contributed by atoms with Gasteiger partial charge in [-0.15, -0.1) is 0 Å². The summed E-state index contributed by atoms with van der Waals surface area (Å²) < 4.78 is 0. The summed E-state index contributed by atoms with van der Waals surface area (Å²) in [6, 6.07) is 0.448. The smallest absolute Gasteiger partial charge is 0.236 e. The van der Waals surface area contributed by atoms with Crippen molar-refractivity contribution in [1.82, 2.24) is 10.2 Å². The Morgan fingerprint density at radius 2 is 1.76 bits per heavy atom.